The van der Waals surface area contributed by atoms with Gasteiger partial charge >= 0.3 is 0 Å². The number of hydrogen-bond donors (Lipinski definition) is 1. The van der Waals surface area contributed by atoms with E-state index in [1.165, 1.54) is 0 Å². The molecule has 0 aliphatic carbocycles. The van der Waals surface area contributed by atoms with E-state index in [1.54, 1.807) is 12.4 Å². The quantitative estimate of drug-likeness (QED) is 0.787. The molecule has 3 aromatic rings. The summed E-state index contributed by atoms with van der Waals surface area (Å²) in [6.07, 6.45) is 3.43. The normalized spacial score (nSPS) is 10.7. The lowest BCUT2D eigenvalue weighted by Gasteiger charge is -2.11. The first-order chi connectivity index (χ1) is 9.79. The molecule has 1 N–H and O–H groups in total. The monoisotopic (exact) mass is 264 g/mol. The number of pyridine rings is 1. The van der Waals surface area contributed by atoms with Crippen LogP contribution in [0.1, 0.15) is 12.6 Å². The van der Waals surface area contributed by atoms with Crippen LogP contribution in [-0.2, 0) is 0 Å². The first-order valence-electron chi connectivity index (χ1n) is 6.71. The summed E-state index contributed by atoms with van der Waals surface area (Å²) in [7, 11) is 0. The Kier molecular flexibility index (Phi) is 3.29. The van der Waals surface area contributed by atoms with E-state index < -0.39 is 0 Å². The minimum Gasteiger partial charge on any atom is -0.369 e. The Balaban J connectivity index is 2.29. The van der Waals surface area contributed by atoms with E-state index in [9.17, 15) is 0 Å². The van der Waals surface area contributed by atoms with Gasteiger partial charge in [-0.1, -0.05) is 18.2 Å². The topological polar surface area (TPSA) is 50.7 Å². The van der Waals surface area contributed by atoms with Crippen molar-refractivity contribution in [3.8, 4) is 11.3 Å². The molecule has 100 valence electrons. The van der Waals surface area contributed by atoms with Crippen LogP contribution in [0.3, 0.4) is 0 Å². The van der Waals surface area contributed by atoms with Gasteiger partial charge in [-0.05, 0) is 26.0 Å². The highest BCUT2D eigenvalue weighted by atomic mass is 15.0. The number of aromatic nitrogens is 3. The van der Waals surface area contributed by atoms with Crippen LogP contribution in [0.5, 0.6) is 0 Å². The molecule has 2 aromatic heterocycles. The maximum Gasteiger partial charge on any atom is 0.152 e. The Morgan fingerprint density at radius 1 is 1.10 bits per heavy atom. The Hall–Kier alpha value is -2.49. The molecule has 4 heteroatoms. The maximum absolute atomic E-state index is 4.57. The summed E-state index contributed by atoms with van der Waals surface area (Å²) in [4.78, 5) is 13.5. The number of para-hydroxylation sites is 1. The summed E-state index contributed by atoms with van der Waals surface area (Å²) < 4.78 is 0. The number of aryl methyl sites for hydroxylation is 1. The van der Waals surface area contributed by atoms with Gasteiger partial charge in [-0.15, -0.1) is 0 Å². The molecule has 0 aliphatic rings. The second kappa shape index (κ2) is 5.25. The third kappa shape index (κ3) is 2.20. The van der Waals surface area contributed by atoms with Crippen LogP contribution in [0.2, 0.25) is 0 Å². The van der Waals surface area contributed by atoms with E-state index in [-0.39, 0.29) is 0 Å². The molecular weight excluding hydrogens is 248 g/mol. The van der Waals surface area contributed by atoms with Crippen molar-refractivity contribution in [2.24, 2.45) is 0 Å². The van der Waals surface area contributed by atoms with E-state index in [2.05, 4.69) is 32.4 Å². The van der Waals surface area contributed by atoms with Crippen LogP contribution in [0.4, 0.5) is 5.82 Å². The van der Waals surface area contributed by atoms with E-state index >= 15 is 0 Å². The summed E-state index contributed by atoms with van der Waals surface area (Å²) in [5.41, 5.74) is 3.90. The molecule has 3 rings (SSSR count). The SMILES string of the molecule is CCNc1nccnc1-c1cc(C)nc2ccccc12. The van der Waals surface area contributed by atoms with Crippen molar-refractivity contribution >= 4 is 16.7 Å². The lowest BCUT2D eigenvalue weighted by molar-refractivity contribution is 1.12. The maximum atomic E-state index is 4.57. The molecule has 0 saturated heterocycles. The molecule has 2 heterocycles. The Labute approximate surface area is 117 Å². The second-order valence-corrected chi connectivity index (χ2v) is 4.61. The van der Waals surface area contributed by atoms with Gasteiger partial charge in [0.2, 0.25) is 0 Å². The summed E-state index contributed by atoms with van der Waals surface area (Å²) in [5, 5.41) is 4.36. The molecule has 20 heavy (non-hydrogen) atoms. The van der Waals surface area contributed by atoms with Crippen LogP contribution in [0, 0.1) is 6.92 Å². The Bertz CT molecular complexity index is 752. The van der Waals surface area contributed by atoms with Gasteiger partial charge < -0.3 is 5.32 Å². The van der Waals surface area contributed by atoms with Crippen LogP contribution < -0.4 is 5.32 Å². The van der Waals surface area contributed by atoms with Gasteiger partial charge in [0, 0.05) is 35.6 Å². The largest absolute Gasteiger partial charge is 0.369 e. The third-order valence-corrected chi connectivity index (χ3v) is 3.14. The average molecular weight is 264 g/mol. The molecular formula is C16H16N4. The third-order valence-electron chi connectivity index (χ3n) is 3.14. The summed E-state index contributed by atoms with van der Waals surface area (Å²) in [5.74, 6) is 0.811. The summed E-state index contributed by atoms with van der Waals surface area (Å²) in [6, 6.07) is 10.2. The van der Waals surface area contributed by atoms with Gasteiger partial charge in [0.25, 0.3) is 0 Å². The van der Waals surface area contributed by atoms with E-state index in [0.717, 1.165) is 40.2 Å². The number of nitrogens with one attached hydrogen (secondary N) is 1. The minimum atomic E-state index is 0.811. The number of fused-ring (bicyclic) bond motifs is 1. The van der Waals surface area contributed by atoms with E-state index in [1.807, 2.05) is 32.0 Å². The molecule has 0 saturated carbocycles. The van der Waals surface area contributed by atoms with Gasteiger partial charge in [0.05, 0.1) is 5.52 Å². The van der Waals surface area contributed by atoms with Crippen LogP contribution in [-0.4, -0.2) is 21.5 Å². The van der Waals surface area contributed by atoms with Gasteiger partial charge in [0.1, 0.15) is 5.69 Å². The van der Waals surface area contributed by atoms with Crippen LogP contribution in [0.25, 0.3) is 22.2 Å². The van der Waals surface area contributed by atoms with Crippen molar-refractivity contribution in [1.29, 1.82) is 0 Å². The first kappa shape index (κ1) is 12.5. The number of hydrogen-bond acceptors (Lipinski definition) is 4. The fourth-order valence-corrected chi connectivity index (χ4v) is 2.34. The highest BCUT2D eigenvalue weighted by molar-refractivity contribution is 5.96. The molecule has 1 aromatic carbocycles. The van der Waals surface area contributed by atoms with Crippen LogP contribution in [0.15, 0.2) is 42.7 Å². The van der Waals surface area contributed by atoms with Gasteiger partial charge in [-0.25, -0.2) is 4.98 Å². The predicted octanol–water partition coefficient (Wildman–Crippen LogP) is 3.43. The Morgan fingerprint density at radius 3 is 2.75 bits per heavy atom. The molecule has 0 amide bonds. The fraction of sp³-hybridized carbons (Fsp3) is 0.188. The second-order valence-electron chi connectivity index (χ2n) is 4.61. The molecule has 0 spiro atoms. The van der Waals surface area contributed by atoms with Crippen LogP contribution >= 0.6 is 0 Å². The Morgan fingerprint density at radius 2 is 1.90 bits per heavy atom. The molecule has 0 bridgehead atoms. The average Bonchev–Trinajstić information content (AvgIpc) is 2.47. The highest BCUT2D eigenvalue weighted by Gasteiger charge is 2.11. The van der Waals surface area contributed by atoms with Crippen molar-refractivity contribution in [1.82, 2.24) is 15.0 Å². The number of nitrogens with zero attached hydrogens (tertiary/aromatic N) is 3. The fourth-order valence-electron chi connectivity index (χ4n) is 2.34. The molecule has 0 atom stereocenters. The van der Waals surface area contributed by atoms with Crippen molar-refractivity contribution in [2.45, 2.75) is 13.8 Å². The molecule has 0 radical (unpaired) electrons. The lowest BCUT2D eigenvalue weighted by atomic mass is 10.0. The van der Waals surface area contributed by atoms with Crippen molar-refractivity contribution in [3.63, 3.8) is 0 Å². The number of rotatable bonds is 3. The highest BCUT2D eigenvalue weighted by Crippen LogP contribution is 2.30. The van der Waals surface area contributed by atoms with Gasteiger partial charge in [0.15, 0.2) is 5.82 Å². The van der Waals surface area contributed by atoms with E-state index in [0.29, 0.717) is 0 Å². The standard InChI is InChI=1S/C16H16N4/c1-3-17-16-15(18-8-9-19-16)13-10-11(2)20-14-7-5-4-6-12(13)14/h4-10H,3H2,1-2H3,(H,17,19). The minimum absolute atomic E-state index is 0.811. The van der Waals surface area contributed by atoms with Gasteiger partial charge in [-0.3, -0.25) is 9.97 Å². The summed E-state index contributed by atoms with van der Waals surface area (Å²) >= 11 is 0. The number of anilines is 1. The zero-order valence-electron chi connectivity index (χ0n) is 11.6. The predicted molar refractivity (Wildman–Crippen MR) is 81.7 cm³/mol. The molecule has 0 aliphatic heterocycles. The molecule has 0 fully saturated rings. The zero-order valence-corrected chi connectivity index (χ0v) is 11.6. The summed E-state index contributed by atoms with van der Waals surface area (Å²) in [6.45, 7) is 4.86. The smallest absolute Gasteiger partial charge is 0.152 e. The molecule has 0 unspecified atom stereocenters. The van der Waals surface area contributed by atoms with Crippen molar-refractivity contribution in [3.05, 3.63) is 48.4 Å². The lowest BCUT2D eigenvalue weighted by Crippen LogP contribution is -2.03. The zero-order chi connectivity index (χ0) is 13.9. The molecule has 4 nitrogen and oxygen atoms in total. The van der Waals surface area contributed by atoms with Gasteiger partial charge in [-0.2, -0.15) is 0 Å². The first-order valence-corrected chi connectivity index (χ1v) is 6.71. The van der Waals surface area contributed by atoms with Crippen molar-refractivity contribution < 1.29 is 0 Å². The van der Waals surface area contributed by atoms with E-state index in [4.69, 9.17) is 0 Å². The van der Waals surface area contributed by atoms with Crippen molar-refractivity contribution in [2.75, 3.05) is 11.9 Å². The number of benzene rings is 1.